The molecule has 1 aliphatic heterocycles. The molecule has 0 bridgehead atoms. The largest absolute Gasteiger partial charge is 0.352 e. The van der Waals surface area contributed by atoms with Crippen molar-refractivity contribution in [2.24, 2.45) is 5.41 Å². The van der Waals surface area contributed by atoms with Crippen LogP contribution in [0.4, 0.5) is 0 Å². The molecule has 0 radical (unpaired) electrons. The fourth-order valence-corrected chi connectivity index (χ4v) is 2.30. The van der Waals surface area contributed by atoms with Gasteiger partial charge in [-0.05, 0) is 19.8 Å². The Bertz CT molecular complexity index is 213. The molecule has 2 nitrogen and oxygen atoms in total. The Morgan fingerprint density at radius 1 is 1.00 bits per heavy atom. The van der Waals surface area contributed by atoms with E-state index in [2.05, 4.69) is 27.7 Å². The topological polar surface area (TPSA) is 18.5 Å². The molecule has 0 unspecified atom stereocenters. The second-order valence-corrected chi connectivity index (χ2v) is 6.42. The molecule has 108 valence electrons. The second kappa shape index (κ2) is 8.16. The summed E-state index contributed by atoms with van der Waals surface area (Å²) in [7, 11) is 0. The Labute approximate surface area is 113 Å². The summed E-state index contributed by atoms with van der Waals surface area (Å²) in [4.78, 5) is 0. The van der Waals surface area contributed by atoms with E-state index in [0.29, 0.717) is 6.10 Å². The van der Waals surface area contributed by atoms with Crippen molar-refractivity contribution in [3.8, 4) is 0 Å². The van der Waals surface area contributed by atoms with Crippen LogP contribution in [0.3, 0.4) is 0 Å². The van der Waals surface area contributed by atoms with E-state index in [1.165, 1.54) is 44.9 Å². The lowest BCUT2D eigenvalue weighted by Gasteiger charge is -2.40. The Balaban J connectivity index is 2.00. The molecule has 1 saturated heterocycles. The second-order valence-electron chi connectivity index (χ2n) is 6.42. The van der Waals surface area contributed by atoms with Crippen LogP contribution >= 0.6 is 0 Å². The van der Waals surface area contributed by atoms with Crippen molar-refractivity contribution in [1.82, 2.24) is 0 Å². The molecule has 2 heteroatoms. The standard InChI is InChI=1S/C16H32O2/c1-5-6-7-8-9-10-11-12-15-17-13-16(3,4)14(2)18-15/h14-15H,5-13H2,1-4H3/t14-,15-/m0/s1. The maximum absolute atomic E-state index is 5.92. The number of ether oxygens (including phenoxy) is 2. The summed E-state index contributed by atoms with van der Waals surface area (Å²) in [6.07, 6.45) is 10.9. The highest BCUT2D eigenvalue weighted by Crippen LogP contribution is 2.31. The molecule has 0 amide bonds. The van der Waals surface area contributed by atoms with Crippen LogP contribution in [-0.2, 0) is 9.47 Å². The minimum absolute atomic E-state index is 0.0451. The van der Waals surface area contributed by atoms with Crippen LogP contribution in [0.15, 0.2) is 0 Å². The smallest absolute Gasteiger partial charge is 0.157 e. The van der Waals surface area contributed by atoms with Crippen molar-refractivity contribution in [3.05, 3.63) is 0 Å². The summed E-state index contributed by atoms with van der Waals surface area (Å²) in [5, 5.41) is 0. The first-order chi connectivity index (χ1) is 8.56. The summed E-state index contributed by atoms with van der Waals surface area (Å²) < 4.78 is 11.7. The van der Waals surface area contributed by atoms with Crippen molar-refractivity contribution in [2.45, 2.75) is 91.5 Å². The van der Waals surface area contributed by atoms with E-state index in [1.54, 1.807) is 0 Å². The van der Waals surface area contributed by atoms with Gasteiger partial charge in [-0.15, -0.1) is 0 Å². The third kappa shape index (κ3) is 5.71. The Morgan fingerprint density at radius 2 is 1.61 bits per heavy atom. The average molecular weight is 256 g/mol. The predicted molar refractivity (Wildman–Crippen MR) is 76.7 cm³/mol. The van der Waals surface area contributed by atoms with Crippen molar-refractivity contribution in [1.29, 1.82) is 0 Å². The van der Waals surface area contributed by atoms with Gasteiger partial charge in [0.25, 0.3) is 0 Å². The van der Waals surface area contributed by atoms with E-state index >= 15 is 0 Å². The molecule has 1 fully saturated rings. The fraction of sp³-hybridized carbons (Fsp3) is 1.00. The molecule has 1 aliphatic rings. The lowest BCUT2D eigenvalue weighted by molar-refractivity contribution is -0.256. The van der Waals surface area contributed by atoms with Crippen LogP contribution in [0.5, 0.6) is 0 Å². The van der Waals surface area contributed by atoms with Crippen LogP contribution in [0.25, 0.3) is 0 Å². The monoisotopic (exact) mass is 256 g/mol. The molecule has 0 aliphatic carbocycles. The molecule has 0 aromatic carbocycles. The SMILES string of the molecule is CCCCCCCCC[C@H]1OCC(C)(C)[C@H](C)O1. The molecule has 0 aromatic heterocycles. The Morgan fingerprint density at radius 3 is 2.22 bits per heavy atom. The van der Waals surface area contributed by atoms with Gasteiger partial charge in [-0.2, -0.15) is 0 Å². The van der Waals surface area contributed by atoms with E-state index < -0.39 is 0 Å². The predicted octanol–water partition coefficient (Wildman–Crippen LogP) is 4.91. The molecule has 0 aromatic rings. The van der Waals surface area contributed by atoms with Gasteiger partial charge in [-0.3, -0.25) is 0 Å². The van der Waals surface area contributed by atoms with E-state index in [-0.39, 0.29) is 11.7 Å². The van der Waals surface area contributed by atoms with Gasteiger partial charge in [-0.1, -0.05) is 59.3 Å². The minimum Gasteiger partial charge on any atom is -0.352 e. The number of hydrogen-bond donors (Lipinski definition) is 0. The van der Waals surface area contributed by atoms with Gasteiger partial charge >= 0.3 is 0 Å². The lowest BCUT2D eigenvalue weighted by Crippen LogP contribution is -2.44. The minimum atomic E-state index is 0.0451. The molecule has 0 N–H and O–H groups in total. The zero-order valence-corrected chi connectivity index (χ0v) is 12.8. The number of hydrogen-bond acceptors (Lipinski definition) is 2. The molecule has 18 heavy (non-hydrogen) atoms. The summed E-state index contributed by atoms with van der Waals surface area (Å²) in [6.45, 7) is 9.68. The van der Waals surface area contributed by atoms with Gasteiger partial charge < -0.3 is 9.47 Å². The van der Waals surface area contributed by atoms with Gasteiger partial charge in [-0.25, -0.2) is 0 Å². The number of unbranched alkanes of at least 4 members (excludes halogenated alkanes) is 6. The zero-order valence-electron chi connectivity index (χ0n) is 12.8. The highest BCUT2D eigenvalue weighted by atomic mass is 16.7. The number of rotatable bonds is 8. The van der Waals surface area contributed by atoms with Gasteiger partial charge in [0.15, 0.2) is 6.29 Å². The van der Waals surface area contributed by atoms with Gasteiger partial charge in [0.2, 0.25) is 0 Å². The Hall–Kier alpha value is -0.0800. The average Bonchev–Trinajstić information content (AvgIpc) is 2.33. The van der Waals surface area contributed by atoms with E-state index in [0.717, 1.165) is 13.0 Å². The van der Waals surface area contributed by atoms with Crippen molar-refractivity contribution in [3.63, 3.8) is 0 Å². The van der Waals surface area contributed by atoms with Crippen molar-refractivity contribution < 1.29 is 9.47 Å². The third-order valence-corrected chi connectivity index (χ3v) is 4.14. The summed E-state index contributed by atoms with van der Waals surface area (Å²) >= 11 is 0. The lowest BCUT2D eigenvalue weighted by atomic mass is 9.87. The molecular formula is C16H32O2. The van der Waals surface area contributed by atoms with Crippen LogP contribution in [0, 0.1) is 5.41 Å². The summed E-state index contributed by atoms with van der Waals surface area (Å²) in [6, 6.07) is 0. The summed E-state index contributed by atoms with van der Waals surface area (Å²) in [5.74, 6) is 0. The van der Waals surface area contributed by atoms with Gasteiger partial charge in [0.05, 0.1) is 12.7 Å². The first-order valence-corrected chi connectivity index (χ1v) is 7.83. The van der Waals surface area contributed by atoms with Gasteiger partial charge in [0, 0.05) is 5.41 Å². The highest BCUT2D eigenvalue weighted by molar-refractivity contribution is 4.79. The zero-order chi connectivity index (χ0) is 13.4. The van der Waals surface area contributed by atoms with E-state index in [4.69, 9.17) is 9.47 Å². The maximum Gasteiger partial charge on any atom is 0.157 e. The molecule has 1 heterocycles. The first kappa shape index (κ1) is 16.0. The fourth-order valence-electron chi connectivity index (χ4n) is 2.30. The quantitative estimate of drug-likeness (QED) is 0.574. The van der Waals surface area contributed by atoms with Crippen molar-refractivity contribution in [2.75, 3.05) is 6.61 Å². The van der Waals surface area contributed by atoms with Crippen LogP contribution in [0.1, 0.15) is 79.1 Å². The van der Waals surface area contributed by atoms with Crippen LogP contribution < -0.4 is 0 Å². The molecule has 0 saturated carbocycles. The maximum atomic E-state index is 5.92. The van der Waals surface area contributed by atoms with Gasteiger partial charge in [0.1, 0.15) is 0 Å². The summed E-state index contributed by atoms with van der Waals surface area (Å²) in [5.41, 5.74) is 0.163. The van der Waals surface area contributed by atoms with Crippen molar-refractivity contribution >= 4 is 0 Å². The van der Waals surface area contributed by atoms with Crippen LogP contribution in [-0.4, -0.2) is 19.0 Å². The Kier molecular flexibility index (Phi) is 7.25. The van der Waals surface area contributed by atoms with Crippen LogP contribution in [0.2, 0.25) is 0 Å². The molecule has 2 atom stereocenters. The third-order valence-electron chi connectivity index (χ3n) is 4.14. The first-order valence-electron chi connectivity index (χ1n) is 7.83. The molecule has 1 rings (SSSR count). The molecular weight excluding hydrogens is 224 g/mol. The molecule has 0 spiro atoms. The van der Waals surface area contributed by atoms with E-state index in [1.807, 2.05) is 0 Å². The highest BCUT2D eigenvalue weighted by Gasteiger charge is 2.34. The van der Waals surface area contributed by atoms with E-state index in [9.17, 15) is 0 Å². The normalized spacial score (nSPS) is 27.3.